The lowest BCUT2D eigenvalue weighted by Crippen LogP contribution is -2.01. The molecule has 1 heterocycles. The number of aryl methyl sites for hydroxylation is 1. The van der Waals surface area contributed by atoms with Crippen molar-refractivity contribution in [2.24, 2.45) is 0 Å². The first-order chi connectivity index (χ1) is 8.22. The van der Waals surface area contributed by atoms with Crippen molar-refractivity contribution in [3.63, 3.8) is 0 Å². The van der Waals surface area contributed by atoms with E-state index in [-0.39, 0.29) is 5.78 Å². The molecule has 17 heavy (non-hydrogen) atoms. The van der Waals surface area contributed by atoms with Crippen molar-refractivity contribution in [1.29, 1.82) is 0 Å². The average molecular weight is 230 g/mol. The van der Waals surface area contributed by atoms with Crippen molar-refractivity contribution in [2.75, 3.05) is 7.11 Å². The van der Waals surface area contributed by atoms with Crippen molar-refractivity contribution in [3.05, 3.63) is 59.0 Å². The summed E-state index contributed by atoms with van der Waals surface area (Å²) >= 11 is 0. The zero-order valence-corrected chi connectivity index (χ0v) is 9.90. The van der Waals surface area contributed by atoms with Gasteiger partial charge in [0, 0.05) is 12.7 Å². The van der Waals surface area contributed by atoms with E-state index in [1.54, 1.807) is 25.3 Å². The molecule has 0 saturated carbocycles. The normalized spacial score (nSPS) is 10.5. The van der Waals surface area contributed by atoms with Gasteiger partial charge in [-0.25, -0.2) is 0 Å². The fourth-order valence-corrected chi connectivity index (χ4v) is 1.68. The molecule has 0 bridgehead atoms. The third-order valence-corrected chi connectivity index (χ3v) is 2.56. The SMILES string of the molecule is COCc1ccc(C(=O)c2ccccc2C)o1. The van der Waals surface area contributed by atoms with Crippen LogP contribution < -0.4 is 0 Å². The van der Waals surface area contributed by atoms with Crippen LogP contribution in [0.4, 0.5) is 0 Å². The first-order valence-electron chi connectivity index (χ1n) is 5.40. The van der Waals surface area contributed by atoms with E-state index in [0.717, 1.165) is 5.56 Å². The number of hydrogen-bond donors (Lipinski definition) is 0. The Morgan fingerprint density at radius 3 is 2.71 bits per heavy atom. The predicted molar refractivity (Wildman–Crippen MR) is 64.0 cm³/mol. The van der Waals surface area contributed by atoms with E-state index in [0.29, 0.717) is 23.7 Å². The van der Waals surface area contributed by atoms with Gasteiger partial charge in [-0.15, -0.1) is 0 Å². The summed E-state index contributed by atoms with van der Waals surface area (Å²) in [6.45, 7) is 2.29. The highest BCUT2D eigenvalue weighted by Crippen LogP contribution is 2.16. The van der Waals surface area contributed by atoms with E-state index >= 15 is 0 Å². The number of ketones is 1. The second-order valence-corrected chi connectivity index (χ2v) is 3.84. The van der Waals surface area contributed by atoms with E-state index in [2.05, 4.69) is 0 Å². The zero-order valence-electron chi connectivity index (χ0n) is 9.90. The minimum absolute atomic E-state index is 0.0922. The Morgan fingerprint density at radius 1 is 1.24 bits per heavy atom. The van der Waals surface area contributed by atoms with E-state index < -0.39 is 0 Å². The molecule has 0 amide bonds. The number of carbonyl (C=O) groups excluding carboxylic acids is 1. The molecule has 0 fully saturated rings. The van der Waals surface area contributed by atoms with Crippen LogP contribution in [0, 0.1) is 6.92 Å². The zero-order chi connectivity index (χ0) is 12.3. The summed E-state index contributed by atoms with van der Waals surface area (Å²) in [5, 5.41) is 0. The number of ether oxygens (including phenoxy) is 1. The number of benzene rings is 1. The van der Waals surface area contributed by atoms with Crippen molar-refractivity contribution in [1.82, 2.24) is 0 Å². The van der Waals surface area contributed by atoms with E-state index in [1.165, 1.54) is 0 Å². The van der Waals surface area contributed by atoms with Gasteiger partial charge in [-0.2, -0.15) is 0 Å². The number of rotatable bonds is 4. The number of furan rings is 1. The molecular formula is C14H14O3. The Balaban J connectivity index is 2.28. The Labute approximate surface area is 100 Å². The lowest BCUT2D eigenvalue weighted by atomic mass is 10.0. The third kappa shape index (κ3) is 2.45. The van der Waals surface area contributed by atoms with E-state index in [9.17, 15) is 4.79 Å². The lowest BCUT2D eigenvalue weighted by Gasteiger charge is -2.01. The van der Waals surface area contributed by atoms with E-state index in [1.807, 2.05) is 25.1 Å². The van der Waals surface area contributed by atoms with Crippen LogP contribution in [0.1, 0.15) is 27.4 Å². The molecule has 0 spiro atoms. The van der Waals surface area contributed by atoms with Gasteiger partial charge in [-0.1, -0.05) is 24.3 Å². The van der Waals surface area contributed by atoms with Gasteiger partial charge in [0.05, 0.1) is 0 Å². The van der Waals surface area contributed by atoms with Crippen molar-refractivity contribution >= 4 is 5.78 Å². The second kappa shape index (κ2) is 4.97. The molecule has 88 valence electrons. The maximum absolute atomic E-state index is 12.2. The van der Waals surface area contributed by atoms with Gasteiger partial charge in [0.15, 0.2) is 5.76 Å². The van der Waals surface area contributed by atoms with Gasteiger partial charge in [-0.3, -0.25) is 4.79 Å². The molecule has 0 saturated heterocycles. The topological polar surface area (TPSA) is 39.4 Å². The molecule has 3 heteroatoms. The molecule has 0 radical (unpaired) electrons. The summed E-state index contributed by atoms with van der Waals surface area (Å²) in [6.07, 6.45) is 0. The van der Waals surface area contributed by atoms with Crippen LogP contribution in [0.25, 0.3) is 0 Å². The minimum Gasteiger partial charge on any atom is -0.455 e. The predicted octanol–water partition coefficient (Wildman–Crippen LogP) is 2.97. The van der Waals surface area contributed by atoms with E-state index in [4.69, 9.17) is 9.15 Å². The van der Waals surface area contributed by atoms with Crippen LogP contribution in [-0.4, -0.2) is 12.9 Å². The fraction of sp³-hybridized carbons (Fsp3) is 0.214. The standard InChI is InChI=1S/C14H14O3/c1-10-5-3-4-6-12(10)14(15)13-8-7-11(17-13)9-16-2/h3-8H,9H2,1-2H3. The molecular weight excluding hydrogens is 216 g/mol. The first kappa shape index (κ1) is 11.6. The average Bonchev–Trinajstić information content (AvgIpc) is 2.78. The van der Waals surface area contributed by atoms with Crippen molar-refractivity contribution < 1.29 is 13.9 Å². The molecule has 2 aromatic rings. The molecule has 1 aromatic heterocycles. The lowest BCUT2D eigenvalue weighted by molar-refractivity contribution is 0.0999. The summed E-state index contributed by atoms with van der Waals surface area (Å²) in [6, 6.07) is 10.9. The number of carbonyl (C=O) groups is 1. The summed E-state index contributed by atoms with van der Waals surface area (Å²) < 4.78 is 10.4. The fourth-order valence-electron chi connectivity index (χ4n) is 1.68. The maximum Gasteiger partial charge on any atom is 0.228 e. The maximum atomic E-state index is 12.2. The van der Waals surface area contributed by atoms with Crippen LogP contribution in [0.3, 0.4) is 0 Å². The quantitative estimate of drug-likeness (QED) is 0.758. The van der Waals surface area contributed by atoms with Gasteiger partial charge in [0.2, 0.25) is 5.78 Å². The van der Waals surface area contributed by atoms with Crippen LogP contribution in [-0.2, 0) is 11.3 Å². The Bertz CT molecular complexity index is 526. The highest BCUT2D eigenvalue weighted by Gasteiger charge is 2.15. The summed E-state index contributed by atoms with van der Waals surface area (Å²) in [4.78, 5) is 12.2. The van der Waals surface area contributed by atoms with Gasteiger partial charge >= 0.3 is 0 Å². The largest absolute Gasteiger partial charge is 0.455 e. The number of methoxy groups -OCH3 is 1. The third-order valence-electron chi connectivity index (χ3n) is 2.56. The molecule has 0 atom stereocenters. The highest BCUT2D eigenvalue weighted by atomic mass is 16.5. The molecule has 2 rings (SSSR count). The van der Waals surface area contributed by atoms with Crippen LogP contribution >= 0.6 is 0 Å². The smallest absolute Gasteiger partial charge is 0.228 e. The molecule has 0 aliphatic rings. The molecule has 3 nitrogen and oxygen atoms in total. The van der Waals surface area contributed by atoms with Crippen LogP contribution in [0.15, 0.2) is 40.8 Å². The molecule has 0 aliphatic heterocycles. The van der Waals surface area contributed by atoms with Crippen LogP contribution in [0.2, 0.25) is 0 Å². The highest BCUT2D eigenvalue weighted by molar-refractivity contribution is 6.08. The number of hydrogen-bond acceptors (Lipinski definition) is 3. The Kier molecular flexibility index (Phi) is 3.40. The Morgan fingerprint density at radius 2 is 2.00 bits per heavy atom. The second-order valence-electron chi connectivity index (χ2n) is 3.84. The Hall–Kier alpha value is -1.87. The summed E-state index contributed by atoms with van der Waals surface area (Å²) in [5.74, 6) is 0.918. The molecule has 0 N–H and O–H groups in total. The van der Waals surface area contributed by atoms with Gasteiger partial charge < -0.3 is 9.15 Å². The summed E-state index contributed by atoms with van der Waals surface area (Å²) in [7, 11) is 1.59. The monoisotopic (exact) mass is 230 g/mol. The summed E-state index contributed by atoms with van der Waals surface area (Å²) in [5.41, 5.74) is 1.62. The molecule has 0 unspecified atom stereocenters. The molecule has 0 aliphatic carbocycles. The minimum atomic E-state index is -0.0922. The molecule has 1 aromatic carbocycles. The van der Waals surface area contributed by atoms with Gasteiger partial charge in [0.1, 0.15) is 12.4 Å². The van der Waals surface area contributed by atoms with Crippen LogP contribution in [0.5, 0.6) is 0 Å². The van der Waals surface area contributed by atoms with Gasteiger partial charge in [-0.05, 0) is 24.6 Å². The van der Waals surface area contributed by atoms with Crippen molar-refractivity contribution in [2.45, 2.75) is 13.5 Å². The van der Waals surface area contributed by atoms with Gasteiger partial charge in [0.25, 0.3) is 0 Å². The van der Waals surface area contributed by atoms with Crippen molar-refractivity contribution in [3.8, 4) is 0 Å². The first-order valence-corrected chi connectivity index (χ1v) is 5.40.